The standard InChI is InChI=1S/C13H22ClFN4/c1-4-16-13(17-7-5-6-15)19(3)10-12-8-11(14)9-18(12)2/h8-9H,4-7,10H2,1-3H3,(H,16,17). The van der Waals surface area contributed by atoms with Crippen LogP contribution in [0.1, 0.15) is 19.0 Å². The van der Waals surface area contributed by atoms with Crippen molar-refractivity contribution >= 4 is 17.6 Å². The molecule has 4 nitrogen and oxygen atoms in total. The van der Waals surface area contributed by atoms with E-state index < -0.39 is 0 Å². The minimum Gasteiger partial charge on any atom is -0.357 e. The van der Waals surface area contributed by atoms with Crippen LogP contribution < -0.4 is 5.32 Å². The molecule has 1 rings (SSSR count). The van der Waals surface area contributed by atoms with E-state index in [1.165, 1.54) is 0 Å². The molecule has 1 aromatic rings. The van der Waals surface area contributed by atoms with E-state index in [0.29, 0.717) is 19.5 Å². The third-order valence-corrected chi connectivity index (χ3v) is 2.93. The minimum absolute atomic E-state index is 0.333. The van der Waals surface area contributed by atoms with Gasteiger partial charge >= 0.3 is 0 Å². The molecule has 0 radical (unpaired) electrons. The van der Waals surface area contributed by atoms with Gasteiger partial charge in [-0.15, -0.1) is 0 Å². The number of nitrogens with zero attached hydrogens (tertiary/aromatic N) is 3. The number of guanidine groups is 1. The number of aryl methyl sites for hydroxylation is 1. The maximum Gasteiger partial charge on any atom is 0.194 e. The number of halogens is 2. The number of alkyl halides is 1. The van der Waals surface area contributed by atoms with Gasteiger partial charge in [-0.3, -0.25) is 9.38 Å². The average Bonchev–Trinajstić information content (AvgIpc) is 2.67. The number of aliphatic imine (C=N–C) groups is 1. The van der Waals surface area contributed by atoms with E-state index in [-0.39, 0.29) is 6.67 Å². The van der Waals surface area contributed by atoms with Gasteiger partial charge in [-0.25, -0.2) is 0 Å². The highest BCUT2D eigenvalue weighted by Crippen LogP contribution is 2.14. The summed E-state index contributed by atoms with van der Waals surface area (Å²) in [5.74, 6) is 0.785. The highest BCUT2D eigenvalue weighted by atomic mass is 35.5. The summed E-state index contributed by atoms with van der Waals surface area (Å²) < 4.78 is 14.1. The van der Waals surface area contributed by atoms with Crippen molar-refractivity contribution in [2.75, 3.05) is 26.8 Å². The fourth-order valence-electron chi connectivity index (χ4n) is 1.76. The smallest absolute Gasteiger partial charge is 0.194 e. The Morgan fingerprint density at radius 2 is 2.32 bits per heavy atom. The summed E-state index contributed by atoms with van der Waals surface area (Å²) in [6.45, 7) is 3.66. The fourth-order valence-corrected chi connectivity index (χ4v) is 2.03. The Hall–Kier alpha value is -1.23. The van der Waals surface area contributed by atoms with E-state index in [0.717, 1.165) is 23.2 Å². The van der Waals surface area contributed by atoms with Crippen molar-refractivity contribution in [2.45, 2.75) is 19.9 Å². The van der Waals surface area contributed by atoms with E-state index in [2.05, 4.69) is 10.3 Å². The van der Waals surface area contributed by atoms with Crippen LogP contribution in [0.5, 0.6) is 0 Å². The van der Waals surface area contributed by atoms with Crippen molar-refractivity contribution in [1.29, 1.82) is 0 Å². The van der Waals surface area contributed by atoms with E-state index in [1.54, 1.807) is 0 Å². The zero-order chi connectivity index (χ0) is 14.3. The number of hydrogen-bond acceptors (Lipinski definition) is 1. The van der Waals surface area contributed by atoms with Crippen LogP contribution in [0.3, 0.4) is 0 Å². The van der Waals surface area contributed by atoms with Crippen LogP contribution in [0.15, 0.2) is 17.3 Å². The highest BCUT2D eigenvalue weighted by Gasteiger charge is 2.09. The molecule has 0 spiro atoms. The van der Waals surface area contributed by atoms with Crippen molar-refractivity contribution in [3.05, 3.63) is 23.0 Å². The molecule has 0 unspecified atom stereocenters. The first kappa shape index (κ1) is 15.8. The molecular weight excluding hydrogens is 267 g/mol. The van der Waals surface area contributed by atoms with Gasteiger partial charge in [-0.1, -0.05) is 11.6 Å². The number of aromatic nitrogens is 1. The Balaban J connectivity index is 2.68. The van der Waals surface area contributed by atoms with Crippen molar-refractivity contribution in [2.24, 2.45) is 12.0 Å². The third kappa shape index (κ3) is 5.11. The topological polar surface area (TPSA) is 32.6 Å². The quantitative estimate of drug-likeness (QED) is 0.495. The molecule has 0 saturated heterocycles. The van der Waals surface area contributed by atoms with E-state index in [1.807, 2.05) is 42.7 Å². The maximum atomic E-state index is 12.1. The second-order valence-corrected chi connectivity index (χ2v) is 4.83. The molecule has 0 atom stereocenters. The van der Waals surface area contributed by atoms with Gasteiger partial charge in [0, 0.05) is 39.1 Å². The monoisotopic (exact) mass is 288 g/mol. The van der Waals surface area contributed by atoms with E-state index in [9.17, 15) is 4.39 Å². The molecule has 0 aromatic carbocycles. The van der Waals surface area contributed by atoms with Crippen LogP contribution in [0.4, 0.5) is 4.39 Å². The molecule has 0 fully saturated rings. The molecule has 108 valence electrons. The van der Waals surface area contributed by atoms with Gasteiger partial charge in [0.1, 0.15) is 0 Å². The van der Waals surface area contributed by atoms with Gasteiger partial charge in [-0.2, -0.15) is 0 Å². The Morgan fingerprint density at radius 3 is 2.84 bits per heavy atom. The van der Waals surface area contributed by atoms with Crippen LogP contribution >= 0.6 is 11.6 Å². The zero-order valence-corrected chi connectivity index (χ0v) is 12.5. The summed E-state index contributed by atoms with van der Waals surface area (Å²) in [6, 6.07) is 1.93. The predicted molar refractivity (Wildman–Crippen MR) is 78.5 cm³/mol. The fraction of sp³-hybridized carbons (Fsp3) is 0.615. The minimum atomic E-state index is -0.333. The Bertz CT molecular complexity index is 417. The Morgan fingerprint density at radius 1 is 1.58 bits per heavy atom. The van der Waals surface area contributed by atoms with E-state index >= 15 is 0 Å². The lowest BCUT2D eigenvalue weighted by Gasteiger charge is -2.22. The molecule has 1 heterocycles. The lowest BCUT2D eigenvalue weighted by molar-refractivity contribution is 0.454. The normalized spacial score (nSPS) is 11.7. The van der Waals surface area contributed by atoms with Crippen LogP contribution in [0.25, 0.3) is 0 Å². The SMILES string of the molecule is CCNC(=NCCCF)N(C)Cc1cc(Cl)cn1C. The van der Waals surface area contributed by atoms with Gasteiger partial charge in [0.15, 0.2) is 5.96 Å². The number of hydrogen-bond donors (Lipinski definition) is 1. The number of nitrogens with one attached hydrogen (secondary N) is 1. The third-order valence-electron chi connectivity index (χ3n) is 2.72. The molecule has 0 aliphatic heterocycles. The maximum absolute atomic E-state index is 12.1. The second-order valence-electron chi connectivity index (χ2n) is 4.39. The van der Waals surface area contributed by atoms with Crippen LogP contribution in [0.2, 0.25) is 5.02 Å². The number of rotatable bonds is 6. The van der Waals surface area contributed by atoms with Crippen LogP contribution in [0, 0.1) is 0 Å². The van der Waals surface area contributed by atoms with Gasteiger partial charge in [-0.05, 0) is 19.4 Å². The van der Waals surface area contributed by atoms with Gasteiger partial charge < -0.3 is 14.8 Å². The van der Waals surface area contributed by atoms with Gasteiger partial charge in [0.2, 0.25) is 0 Å². The average molecular weight is 289 g/mol. The van der Waals surface area contributed by atoms with Crippen LogP contribution in [-0.2, 0) is 13.6 Å². The van der Waals surface area contributed by atoms with Crippen LogP contribution in [-0.4, -0.2) is 42.2 Å². The Kier molecular flexibility index (Phi) is 6.70. The first-order valence-electron chi connectivity index (χ1n) is 6.44. The lowest BCUT2D eigenvalue weighted by atomic mass is 10.4. The molecule has 19 heavy (non-hydrogen) atoms. The summed E-state index contributed by atoms with van der Waals surface area (Å²) >= 11 is 5.97. The van der Waals surface area contributed by atoms with Crippen molar-refractivity contribution in [1.82, 2.24) is 14.8 Å². The zero-order valence-electron chi connectivity index (χ0n) is 11.8. The molecule has 6 heteroatoms. The van der Waals surface area contributed by atoms with Crippen molar-refractivity contribution < 1.29 is 4.39 Å². The molecular formula is C13H22ClFN4. The van der Waals surface area contributed by atoms with Gasteiger partial charge in [0.25, 0.3) is 0 Å². The molecule has 0 aliphatic rings. The van der Waals surface area contributed by atoms with Gasteiger partial charge in [0.05, 0.1) is 18.2 Å². The molecule has 0 amide bonds. The predicted octanol–water partition coefficient (Wildman–Crippen LogP) is 2.44. The summed E-state index contributed by atoms with van der Waals surface area (Å²) in [5, 5.41) is 3.93. The second kappa shape index (κ2) is 8.04. The summed E-state index contributed by atoms with van der Waals surface area (Å²) in [6.07, 6.45) is 2.33. The lowest BCUT2D eigenvalue weighted by Crippen LogP contribution is -2.38. The molecule has 0 bridgehead atoms. The van der Waals surface area contributed by atoms with Crippen molar-refractivity contribution in [3.63, 3.8) is 0 Å². The first-order chi connectivity index (χ1) is 9.08. The largest absolute Gasteiger partial charge is 0.357 e. The van der Waals surface area contributed by atoms with E-state index in [4.69, 9.17) is 11.6 Å². The first-order valence-corrected chi connectivity index (χ1v) is 6.82. The molecule has 1 N–H and O–H groups in total. The summed E-state index contributed by atoms with van der Waals surface area (Å²) in [7, 11) is 3.92. The summed E-state index contributed by atoms with van der Waals surface area (Å²) in [5.41, 5.74) is 1.10. The molecule has 1 aromatic heterocycles. The molecule has 0 saturated carbocycles. The molecule has 0 aliphatic carbocycles. The highest BCUT2D eigenvalue weighted by molar-refractivity contribution is 6.30. The van der Waals surface area contributed by atoms with Crippen molar-refractivity contribution in [3.8, 4) is 0 Å². The Labute approximate surface area is 119 Å². The summed E-state index contributed by atoms with van der Waals surface area (Å²) in [4.78, 5) is 6.39.